The number of ether oxygens (including phenoxy) is 3. The van der Waals surface area contributed by atoms with Crippen LogP contribution in [0, 0.1) is 19.8 Å². The smallest absolute Gasteiger partial charge is 0.291 e. The lowest BCUT2D eigenvalue weighted by Crippen LogP contribution is -2.29. The van der Waals surface area contributed by atoms with E-state index in [9.17, 15) is 9.59 Å². The molecule has 1 unspecified atom stereocenters. The number of carbonyl (C=O) groups is 1. The molecule has 214 valence electrons. The summed E-state index contributed by atoms with van der Waals surface area (Å²) in [7, 11) is 1.61. The molecule has 0 saturated carbocycles. The van der Waals surface area contributed by atoms with Crippen molar-refractivity contribution in [2.75, 3.05) is 20.3 Å². The normalized spacial score (nSPS) is 14.6. The Kier molecular flexibility index (Phi) is 8.06. The summed E-state index contributed by atoms with van der Waals surface area (Å²) < 4.78 is 23.6. The average Bonchev–Trinajstić information content (AvgIpc) is 3.22. The van der Waals surface area contributed by atoms with Crippen LogP contribution in [0.3, 0.4) is 0 Å². The second kappa shape index (κ2) is 11.7. The van der Waals surface area contributed by atoms with Crippen LogP contribution in [-0.2, 0) is 6.54 Å². The van der Waals surface area contributed by atoms with Gasteiger partial charge in [0.25, 0.3) is 5.91 Å². The number of hydrogen-bond donors (Lipinski definition) is 0. The maximum absolute atomic E-state index is 14.1. The number of fused-ring (bicyclic) bond motifs is 2. The van der Waals surface area contributed by atoms with Crippen LogP contribution in [0.25, 0.3) is 11.0 Å². The Bertz CT molecular complexity index is 1640. The molecular formula is C34H37NO6. The molecule has 3 aromatic carbocycles. The van der Waals surface area contributed by atoms with E-state index in [1.54, 1.807) is 12.0 Å². The van der Waals surface area contributed by atoms with E-state index in [4.69, 9.17) is 18.6 Å². The fourth-order valence-electron chi connectivity index (χ4n) is 5.40. The summed E-state index contributed by atoms with van der Waals surface area (Å²) in [5, 5.41) is 0.476. The molecule has 1 atom stereocenters. The number of amides is 1. The Morgan fingerprint density at radius 2 is 1.71 bits per heavy atom. The van der Waals surface area contributed by atoms with E-state index in [-0.39, 0.29) is 23.6 Å². The molecule has 4 aromatic rings. The third-order valence-electron chi connectivity index (χ3n) is 7.45. The quantitative estimate of drug-likeness (QED) is 0.210. The van der Waals surface area contributed by atoms with Crippen LogP contribution in [0.2, 0.25) is 0 Å². The number of benzene rings is 3. The first kappa shape index (κ1) is 28.3. The summed E-state index contributed by atoms with van der Waals surface area (Å²) in [6.07, 6.45) is 0.917. The molecule has 7 heteroatoms. The lowest BCUT2D eigenvalue weighted by molar-refractivity contribution is 0.0714. The maximum Gasteiger partial charge on any atom is 0.291 e. The van der Waals surface area contributed by atoms with E-state index < -0.39 is 6.04 Å². The lowest BCUT2D eigenvalue weighted by atomic mass is 9.96. The summed E-state index contributed by atoms with van der Waals surface area (Å²) in [4.78, 5) is 29.8. The molecule has 7 nitrogen and oxygen atoms in total. The van der Waals surface area contributed by atoms with Gasteiger partial charge in [-0.05, 0) is 85.7 Å². The molecule has 0 spiro atoms. The van der Waals surface area contributed by atoms with Gasteiger partial charge in [-0.3, -0.25) is 9.59 Å². The van der Waals surface area contributed by atoms with Crippen molar-refractivity contribution in [2.45, 2.75) is 53.6 Å². The predicted octanol–water partition coefficient (Wildman–Crippen LogP) is 6.99. The van der Waals surface area contributed by atoms with Crippen LogP contribution in [-0.4, -0.2) is 31.1 Å². The topological polar surface area (TPSA) is 78.2 Å². The zero-order valence-electron chi connectivity index (χ0n) is 24.6. The van der Waals surface area contributed by atoms with Crippen LogP contribution in [0.5, 0.6) is 17.2 Å². The third-order valence-corrected chi connectivity index (χ3v) is 7.45. The Balaban J connectivity index is 1.65. The predicted molar refractivity (Wildman–Crippen MR) is 159 cm³/mol. The van der Waals surface area contributed by atoms with Gasteiger partial charge >= 0.3 is 0 Å². The molecule has 1 aliphatic heterocycles. The first-order chi connectivity index (χ1) is 19.7. The highest BCUT2D eigenvalue weighted by Crippen LogP contribution is 2.42. The maximum atomic E-state index is 14.1. The number of rotatable bonds is 10. The lowest BCUT2D eigenvalue weighted by Gasteiger charge is -2.26. The Labute approximate surface area is 240 Å². The molecular weight excluding hydrogens is 518 g/mol. The molecule has 0 N–H and O–H groups in total. The van der Waals surface area contributed by atoms with E-state index in [0.29, 0.717) is 47.2 Å². The zero-order chi connectivity index (χ0) is 29.3. The van der Waals surface area contributed by atoms with Crippen LogP contribution in [0.4, 0.5) is 0 Å². The van der Waals surface area contributed by atoms with Gasteiger partial charge in [0.1, 0.15) is 11.3 Å². The van der Waals surface area contributed by atoms with Crippen molar-refractivity contribution < 1.29 is 23.4 Å². The fourth-order valence-corrected chi connectivity index (χ4v) is 5.40. The minimum Gasteiger partial charge on any atom is -0.497 e. The molecule has 0 bridgehead atoms. The first-order valence-electron chi connectivity index (χ1n) is 14.1. The van der Waals surface area contributed by atoms with Crippen molar-refractivity contribution in [1.29, 1.82) is 0 Å². The van der Waals surface area contributed by atoms with E-state index in [0.717, 1.165) is 34.4 Å². The second-order valence-electron chi connectivity index (χ2n) is 11.0. The van der Waals surface area contributed by atoms with Gasteiger partial charge in [0.2, 0.25) is 5.76 Å². The molecule has 0 aliphatic carbocycles. The third kappa shape index (κ3) is 5.53. The number of hydrogen-bond acceptors (Lipinski definition) is 6. The SMILES string of the molecule is CCOc1cc(C2c3c(oc4c(C)cc(C)cc4c3=O)C(=O)N2Cc2ccc(OC)cc2)ccc1OCCC(C)C. The Morgan fingerprint density at radius 1 is 0.951 bits per heavy atom. The molecule has 0 fully saturated rings. The van der Waals surface area contributed by atoms with E-state index >= 15 is 0 Å². The van der Waals surface area contributed by atoms with Crippen LogP contribution in [0.15, 0.2) is 63.8 Å². The van der Waals surface area contributed by atoms with Gasteiger partial charge in [-0.25, -0.2) is 0 Å². The molecule has 41 heavy (non-hydrogen) atoms. The van der Waals surface area contributed by atoms with Crippen molar-refractivity contribution in [3.63, 3.8) is 0 Å². The molecule has 1 amide bonds. The summed E-state index contributed by atoms with van der Waals surface area (Å²) in [5.74, 6) is 2.22. The highest BCUT2D eigenvalue weighted by Gasteiger charge is 2.43. The van der Waals surface area contributed by atoms with Crippen molar-refractivity contribution in [2.24, 2.45) is 5.92 Å². The fraction of sp³-hybridized carbons (Fsp3) is 0.353. The van der Waals surface area contributed by atoms with Crippen molar-refractivity contribution in [1.82, 2.24) is 4.90 Å². The van der Waals surface area contributed by atoms with Crippen LogP contribution < -0.4 is 19.6 Å². The van der Waals surface area contributed by atoms with Gasteiger partial charge in [-0.15, -0.1) is 0 Å². The van der Waals surface area contributed by atoms with Crippen LogP contribution >= 0.6 is 0 Å². The highest BCUT2D eigenvalue weighted by molar-refractivity contribution is 5.99. The minimum atomic E-state index is -0.662. The molecule has 5 rings (SSSR count). The monoisotopic (exact) mass is 555 g/mol. The summed E-state index contributed by atoms with van der Waals surface area (Å²) in [6, 6.07) is 16.3. The van der Waals surface area contributed by atoms with Crippen molar-refractivity contribution >= 4 is 16.9 Å². The van der Waals surface area contributed by atoms with Gasteiger partial charge in [-0.2, -0.15) is 0 Å². The zero-order valence-corrected chi connectivity index (χ0v) is 24.6. The summed E-state index contributed by atoms with van der Waals surface area (Å²) in [5.41, 5.74) is 4.03. The number of methoxy groups -OCH3 is 1. The average molecular weight is 556 g/mol. The second-order valence-corrected chi connectivity index (χ2v) is 11.0. The minimum absolute atomic E-state index is 0.0863. The number of carbonyl (C=O) groups excluding carboxylic acids is 1. The van der Waals surface area contributed by atoms with Crippen molar-refractivity contribution in [3.05, 3.63) is 98.4 Å². The van der Waals surface area contributed by atoms with E-state index in [1.807, 2.05) is 75.4 Å². The largest absolute Gasteiger partial charge is 0.497 e. The number of nitrogens with zero attached hydrogens (tertiary/aromatic N) is 1. The molecule has 0 radical (unpaired) electrons. The van der Waals surface area contributed by atoms with E-state index in [2.05, 4.69) is 13.8 Å². The first-order valence-corrected chi connectivity index (χ1v) is 14.1. The molecule has 1 aliphatic rings. The van der Waals surface area contributed by atoms with Gasteiger partial charge in [0.15, 0.2) is 16.9 Å². The van der Waals surface area contributed by atoms with Gasteiger partial charge in [0.05, 0.1) is 37.3 Å². The summed E-state index contributed by atoms with van der Waals surface area (Å²) in [6.45, 7) is 11.4. The van der Waals surface area contributed by atoms with Gasteiger partial charge < -0.3 is 23.5 Å². The molecule has 1 aromatic heterocycles. The van der Waals surface area contributed by atoms with Gasteiger partial charge in [0, 0.05) is 6.54 Å². The highest BCUT2D eigenvalue weighted by atomic mass is 16.5. The van der Waals surface area contributed by atoms with Crippen molar-refractivity contribution in [3.8, 4) is 17.2 Å². The van der Waals surface area contributed by atoms with Crippen LogP contribution in [0.1, 0.15) is 71.6 Å². The molecule has 2 heterocycles. The summed E-state index contributed by atoms with van der Waals surface area (Å²) >= 11 is 0. The van der Waals surface area contributed by atoms with Gasteiger partial charge in [-0.1, -0.05) is 38.1 Å². The number of aryl methyl sites for hydroxylation is 2. The molecule has 0 saturated heterocycles. The Hall–Kier alpha value is -4.26. The van der Waals surface area contributed by atoms with E-state index in [1.165, 1.54) is 0 Å². The standard InChI is InChI=1S/C34H37NO6/c1-7-39-28-18-24(10-13-27(28)40-15-14-20(2)3)30-29-31(36)26-17-21(4)16-22(5)32(26)41-33(29)34(37)35(30)19-23-8-11-25(38-6)12-9-23/h8-13,16-18,20,30H,7,14-15,19H2,1-6H3. The Morgan fingerprint density at radius 3 is 2.39 bits per heavy atom.